The van der Waals surface area contributed by atoms with Crippen LogP contribution in [0.1, 0.15) is 5.82 Å². The largest absolute Gasteiger partial charge is 0.262 e. The second-order valence-corrected chi connectivity index (χ2v) is 6.67. The van der Waals surface area contributed by atoms with Crippen LogP contribution in [-0.4, -0.2) is 35.0 Å². The van der Waals surface area contributed by atoms with Crippen LogP contribution in [0.2, 0.25) is 0 Å². The number of nitrogens with one attached hydrogen (secondary N) is 1. The Labute approximate surface area is 117 Å². The van der Waals surface area contributed by atoms with Gasteiger partial charge in [0.2, 0.25) is 10.0 Å². The lowest BCUT2D eigenvalue weighted by Gasteiger charge is -2.15. The van der Waals surface area contributed by atoms with Crippen molar-refractivity contribution in [1.82, 2.24) is 19.5 Å². The molecule has 0 unspecified atom stereocenters. The van der Waals surface area contributed by atoms with Gasteiger partial charge >= 0.3 is 0 Å². The summed E-state index contributed by atoms with van der Waals surface area (Å²) in [4.78, 5) is 3.86. The lowest BCUT2D eigenvalue weighted by Crippen LogP contribution is -2.27. The maximum absolute atomic E-state index is 13.1. The van der Waals surface area contributed by atoms with E-state index in [0.717, 1.165) is 10.4 Å². The zero-order valence-corrected chi connectivity index (χ0v) is 12.2. The second kappa shape index (κ2) is 5.35. The van der Waals surface area contributed by atoms with E-state index in [9.17, 15) is 12.8 Å². The Kier molecular flexibility index (Phi) is 3.97. The Bertz CT molecular complexity index is 675. The molecular weight excluding hydrogens is 339 g/mol. The van der Waals surface area contributed by atoms with E-state index in [-0.39, 0.29) is 15.9 Å². The maximum atomic E-state index is 13.1. The number of nitrogens with zero attached hydrogens (tertiary/aromatic N) is 3. The zero-order valence-electron chi connectivity index (χ0n) is 9.84. The van der Waals surface area contributed by atoms with Crippen LogP contribution in [0.4, 0.5) is 4.39 Å². The molecule has 6 nitrogen and oxygen atoms in total. The van der Waals surface area contributed by atoms with E-state index < -0.39 is 15.8 Å². The van der Waals surface area contributed by atoms with Crippen molar-refractivity contribution in [2.45, 2.75) is 11.4 Å². The third-order valence-electron chi connectivity index (χ3n) is 2.44. The molecule has 2 rings (SSSR count). The van der Waals surface area contributed by atoms with Crippen LogP contribution in [0.15, 0.2) is 33.9 Å². The molecule has 1 aromatic heterocycles. The van der Waals surface area contributed by atoms with Gasteiger partial charge in [-0.15, -0.1) is 0 Å². The molecule has 102 valence electrons. The molecule has 0 bridgehead atoms. The fourth-order valence-electron chi connectivity index (χ4n) is 1.42. The first kappa shape index (κ1) is 14.1. The minimum absolute atomic E-state index is 0.00258. The minimum Gasteiger partial charge on any atom is -0.262 e. The fraction of sp³-hybridized carbons (Fsp3) is 0.200. The average Bonchev–Trinajstić information content (AvgIpc) is 2.85. The van der Waals surface area contributed by atoms with E-state index in [1.165, 1.54) is 25.5 Å². The van der Waals surface area contributed by atoms with Gasteiger partial charge in [-0.2, -0.15) is 9.40 Å². The standard InChI is InChI=1S/C10H10BrFN4O2S/c1-16(5-10-13-6-14-15-10)19(17,18)7-2-3-9(12)8(11)4-7/h2-4,6H,5H2,1H3,(H,13,14,15). The first-order valence-corrected chi connectivity index (χ1v) is 7.40. The molecule has 0 aliphatic rings. The van der Waals surface area contributed by atoms with Crippen molar-refractivity contribution in [2.75, 3.05) is 7.05 Å². The highest BCUT2D eigenvalue weighted by Gasteiger charge is 2.22. The van der Waals surface area contributed by atoms with Crippen LogP contribution < -0.4 is 0 Å². The van der Waals surface area contributed by atoms with E-state index in [0.29, 0.717) is 5.82 Å². The summed E-state index contributed by atoms with van der Waals surface area (Å²) in [6, 6.07) is 3.53. The van der Waals surface area contributed by atoms with Crippen molar-refractivity contribution in [3.05, 3.63) is 40.6 Å². The number of rotatable bonds is 4. The highest BCUT2D eigenvalue weighted by Crippen LogP contribution is 2.22. The summed E-state index contributed by atoms with van der Waals surface area (Å²) >= 11 is 2.96. The number of aromatic amines is 1. The quantitative estimate of drug-likeness (QED) is 0.908. The molecule has 0 atom stereocenters. The molecule has 0 aliphatic heterocycles. The summed E-state index contributed by atoms with van der Waals surface area (Å²) in [6.07, 6.45) is 1.30. The lowest BCUT2D eigenvalue weighted by atomic mass is 10.3. The molecule has 19 heavy (non-hydrogen) atoms. The van der Waals surface area contributed by atoms with E-state index in [2.05, 4.69) is 31.1 Å². The van der Waals surface area contributed by atoms with Crippen molar-refractivity contribution < 1.29 is 12.8 Å². The summed E-state index contributed by atoms with van der Waals surface area (Å²) in [6.45, 7) is 0.0529. The van der Waals surface area contributed by atoms with E-state index in [1.54, 1.807) is 0 Å². The van der Waals surface area contributed by atoms with Crippen molar-refractivity contribution in [3.63, 3.8) is 0 Å². The van der Waals surface area contributed by atoms with Gasteiger partial charge in [0.1, 0.15) is 18.0 Å². The third-order valence-corrected chi connectivity index (χ3v) is 4.84. The highest BCUT2D eigenvalue weighted by atomic mass is 79.9. The molecule has 1 N–H and O–H groups in total. The summed E-state index contributed by atoms with van der Waals surface area (Å²) < 4.78 is 38.8. The lowest BCUT2D eigenvalue weighted by molar-refractivity contribution is 0.457. The third kappa shape index (κ3) is 2.99. The van der Waals surface area contributed by atoms with Gasteiger partial charge in [-0.1, -0.05) is 0 Å². The molecule has 0 spiro atoms. The van der Waals surface area contributed by atoms with Crippen LogP contribution in [0.3, 0.4) is 0 Å². The number of H-pyrrole nitrogens is 1. The number of halogens is 2. The Morgan fingerprint density at radius 3 is 2.79 bits per heavy atom. The van der Waals surface area contributed by atoms with Gasteiger partial charge in [0.15, 0.2) is 0 Å². The predicted octanol–water partition coefficient (Wildman–Crippen LogP) is 1.53. The maximum Gasteiger partial charge on any atom is 0.243 e. The van der Waals surface area contributed by atoms with E-state index >= 15 is 0 Å². The molecule has 0 radical (unpaired) electrons. The van der Waals surface area contributed by atoms with Gasteiger partial charge in [0.25, 0.3) is 0 Å². The monoisotopic (exact) mass is 348 g/mol. The molecule has 0 amide bonds. The summed E-state index contributed by atoms with van der Waals surface area (Å²) in [5, 5.41) is 6.22. The fourth-order valence-corrected chi connectivity index (χ4v) is 3.11. The van der Waals surface area contributed by atoms with Gasteiger partial charge in [-0.25, -0.2) is 17.8 Å². The van der Waals surface area contributed by atoms with E-state index in [4.69, 9.17) is 0 Å². The van der Waals surface area contributed by atoms with Gasteiger partial charge < -0.3 is 0 Å². The molecule has 2 aromatic rings. The van der Waals surface area contributed by atoms with Gasteiger partial charge in [-0.3, -0.25) is 5.10 Å². The SMILES string of the molecule is CN(Cc1ncn[nH]1)S(=O)(=O)c1ccc(F)c(Br)c1. The molecule has 1 aromatic carbocycles. The molecule has 0 aliphatic carbocycles. The number of sulfonamides is 1. The average molecular weight is 349 g/mol. The number of hydrogen-bond donors (Lipinski definition) is 1. The number of hydrogen-bond acceptors (Lipinski definition) is 4. The topological polar surface area (TPSA) is 79.0 Å². The summed E-state index contributed by atoms with van der Waals surface area (Å²) in [5.41, 5.74) is 0. The van der Waals surface area contributed by atoms with Crippen molar-refractivity contribution in [3.8, 4) is 0 Å². The van der Waals surface area contributed by atoms with Crippen molar-refractivity contribution >= 4 is 26.0 Å². The molecule has 0 fully saturated rings. The first-order valence-electron chi connectivity index (χ1n) is 5.17. The highest BCUT2D eigenvalue weighted by molar-refractivity contribution is 9.10. The summed E-state index contributed by atoms with van der Waals surface area (Å²) in [7, 11) is -2.29. The minimum atomic E-state index is -3.71. The van der Waals surface area contributed by atoms with Crippen LogP contribution in [0.5, 0.6) is 0 Å². The molecule has 9 heteroatoms. The zero-order chi connectivity index (χ0) is 14.0. The van der Waals surface area contributed by atoms with Crippen LogP contribution in [0, 0.1) is 5.82 Å². The predicted molar refractivity (Wildman–Crippen MR) is 69.1 cm³/mol. The molecule has 0 saturated heterocycles. The Morgan fingerprint density at radius 2 is 2.21 bits per heavy atom. The number of benzene rings is 1. The normalized spacial score (nSPS) is 12.0. The Balaban J connectivity index is 2.28. The number of aromatic nitrogens is 3. The van der Waals surface area contributed by atoms with Gasteiger partial charge in [0, 0.05) is 7.05 Å². The van der Waals surface area contributed by atoms with Crippen LogP contribution >= 0.6 is 15.9 Å². The molecule has 0 saturated carbocycles. The molecule has 1 heterocycles. The van der Waals surface area contributed by atoms with E-state index in [1.807, 2.05) is 0 Å². The van der Waals surface area contributed by atoms with Crippen LogP contribution in [0.25, 0.3) is 0 Å². The summed E-state index contributed by atoms with van der Waals surface area (Å²) in [5.74, 6) is -0.0934. The Morgan fingerprint density at radius 1 is 1.47 bits per heavy atom. The van der Waals surface area contributed by atoms with Crippen molar-refractivity contribution in [2.24, 2.45) is 0 Å². The Hall–Kier alpha value is -1.32. The van der Waals surface area contributed by atoms with Gasteiger partial charge in [-0.05, 0) is 34.1 Å². The second-order valence-electron chi connectivity index (χ2n) is 3.77. The van der Waals surface area contributed by atoms with Crippen LogP contribution in [-0.2, 0) is 16.6 Å². The molecular formula is C10H10BrFN4O2S. The van der Waals surface area contributed by atoms with Gasteiger partial charge in [0.05, 0.1) is 15.9 Å². The smallest absolute Gasteiger partial charge is 0.243 e. The van der Waals surface area contributed by atoms with Crippen molar-refractivity contribution in [1.29, 1.82) is 0 Å². The first-order chi connectivity index (χ1) is 8.91.